The fourth-order valence-electron chi connectivity index (χ4n) is 1.71. The van der Waals surface area contributed by atoms with E-state index in [0.717, 1.165) is 24.4 Å². The molecule has 0 aromatic heterocycles. The zero-order valence-electron chi connectivity index (χ0n) is 8.06. The van der Waals surface area contributed by atoms with Gasteiger partial charge in [-0.15, -0.1) is 0 Å². The van der Waals surface area contributed by atoms with Gasteiger partial charge in [0.25, 0.3) is 0 Å². The van der Waals surface area contributed by atoms with Crippen LogP contribution in [0.1, 0.15) is 40.0 Å². The van der Waals surface area contributed by atoms with Crippen molar-refractivity contribution in [2.75, 3.05) is 6.54 Å². The van der Waals surface area contributed by atoms with E-state index in [1.54, 1.807) is 0 Å². The molecule has 1 aliphatic carbocycles. The minimum atomic E-state index is 0.819. The molecule has 1 N–H and O–H groups in total. The second-order valence-electron chi connectivity index (χ2n) is 4.13. The molecule has 0 aromatic rings. The van der Waals surface area contributed by atoms with Crippen LogP contribution in [0.25, 0.3) is 0 Å². The van der Waals surface area contributed by atoms with Crippen LogP contribution < -0.4 is 5.32 Å². The summed E-state index contributed by atoms with van der Waals surface area (Å²) in [4.78, 5) is 0. The van der Waals surface area contributed by atoms with Crippen molar-refractivity contribution in [1.82, 2.24) is 5.32 Å². The zero-order chi connectivity index (χ0) is 8.27. The van der Waals surface area contributed by atoms with E-state index >= 15 is 0 Å². The van der Waals surface area contributed by atoms with Gasteiger partial charge >= 0.3 is 0 Å². The fourth-order valence-corrected chi connectivity index (χ4v) is 1.71. The minimum Gasteiger partial charge on any atom is -0.314 e. The first kappa shape index (κ1) is 9.05. The average Bonchev–Trinajstić information content (AvgIpc) is 2.66. The van der Waals surface area contributed by atoms with Crippen LogP contribution in [0.4, 0.5) is 0 Å². The van der Waals surface area contributed by atoms with Crippen LogP contribution in [0.2, 0.25) is 0 Å². The topological polar surface area (TPSA) is 12.0 Å². The number of nitrogens with one attached hydrogen (secondary N) is 1. The molecule has 1 aliphatic rings. The molecule has 1 rings (SSSR count). The van der Waals surface area contributed by atoms with Crippen molar-refractivity contribution in [2.24, 2.45) is 11.8 Å². The monoisotopic (exact) mass is 155 g/mol. The first-order chi connectivity index (χ1) is 5.24. The van der Waals surface area contributed by atoms with Gasteiger partial charge in [0.1, 0.15) is 0 Å². The summed E-state index contributed by atoms with van der Waals surface area (Å²) >= 11 is 0. The summed E-state index contributed by atoms with van der Waals surface area (Å²) in [7, 11) is 0. The lowest BCUT2D eigenvalue weighted by atomic mass is 10.0. The van der Waals surface area contributed by atoms with Crippen LogP contribution in [-0.2, 0) is 0 Å². The highest BCUT2D eigenvalue weighted by Gasteiger charge is 2.30. The van der Waals surface area contributed by atoms with Crippen molar-refractivity contribution in [3.8, 4) is 0 Å². The third-order valence-electron chi connectivity index (χ3n) is 2.38. The Morgan fingerprint density at radius 3 is 2.36 bits per heavy atom. The summed E-state index contributed by atoms with van der Waals surface area (Å²) in [5, 5.41) is 3.58. The molecule has 1 heteroatoms. The molecular weight excluding hydrogens is 134 g/mol. The second kappa shape index (κ2) is 4.10. The van der Waals surface area contributed by atoms with Gasteiger partial charge in [-0.3, -0.25) is 0 Å². The Hall–Kier alpha value is -0.0400. The van der Waals surface area contributed by atoms with E-state index < -0.39 is 0 Å². The van der Waals surface area contributed by atoms with Crippen LogP contribution in [0.15, 0.2) is 0 Å². The molecule has 1 unspecified atom stereocenters. The summed E-state index contributed by atoms with van der Waals surface area (Å²) < 4.78 is 0. The molecule has 11 heavy (non-hydrogen) atoms. The number of rotatable bonds is 5. The van der Waals surface area contributed by atoms with Crippen LogP contribution in [-0.4, -0.2) is 12.6 Å². The minimum absolute atomic E-state index is 0.819. The molecule has 0 heterocycles. The van der Waals surface area contributed by atoms with E-state index in [0.29, 0.717) is 0 Å². The number of hydrogen-bond donors (Lipinski definition) is 1. The van der Waals surface area contributed by atoms with Gasteiger partial charge in [0, 0.05) is 6.04 Å². The first-order valence-electron chi connectivity index (χ1n) is 4.97. The van der Waals surface area contributed by atoms with E-state index in [9.17, 15) is 0 Å². The van der Waals surface area contributed by atoms with Gasteiger partial charge in [-0.1, -0.05) is 20.8 Å². The highest BCUT2D eigenvalue weighted by atomic mass is 14.9. The largest absolute Gasteiger partial charge is 0.314 e. The van der Waals surface area contributed by atoms with Crippen molar-refractivity contribution in [1.29, 1.82) is 0 Å². The van der Waals surface area contributed by atoms with Gasteiger partial charge in [-0.05, 0) is 37.6 Å². The summed E-state index contributed by atoms with van der Waals surface area (Å²) in [6.07, 6.45) is 4.28. The van der Waals surface area contributed by atoms with Gasteiger partial charge in [-0.2, -0.15) is 0 Å². The van der Waals surface area contributed by atoms with Gasteiger partial charge in [0.2, 0.25) is 0 Å². The lowest BCUT2D eigenvalue weighted by molar-refractivity contribution is 0.390. The Morgan fingerprint density at radius 1 is 1.36 bits per heavy atom. The van der Waals surface area contributed by atoms with Gasteiger partial charge in [0.15, 0.2) is 0 Å². The predicted molar refractivity (Wildman–Crippen MR) is 49.6 cm³/mol. The maximum Gasteiger partial charge on any atom is 0.00976 e. The summed E-state index contributed by atoms with van der Waals surface area (Å²) in [5.74, 6) is 1.86. The lowest BCUT2D eigenvalue weighted by Crippen LogP contribution is -2.32. The van der Waals surface area contributed by atoms with Crippen molar-refractivity contribution in [3.63, 3.8) is 0 Å². The van der Waals surface area contributed by atoms with Crippen LogP contribution >= 0.6 is 0 Å². The normalized spacial score (nSPS) is 20.7. The molecule has 0 saturated heterocycles. The molecule has 1 nitrogen and oxygen atoms in total. The fraction of sp³-hybridized carbons (Fsp3) is 1.00. The average molecular weight is 155 g/mol. The Morgan fingerprint density at radius 2 is 2.00 bits per heavy atom. The maximum absolute atomic E-state index is 3.58. The van der Waals surface area contributed by atoms with Gasteiger partial charge in [0.05, 0.1) is 0 Å². The quantitative estimate of drug-likeness (QED) is 0.643. The third-order valence-corrected chi connectivity index (χ3v) is 2.38. The van der Waals surface area contributed by atoms with Gasteiger partial charge in [-0.25, -0.2) is 0 Å². The van der Waals surface area contributed by atoms with E-state index in [4.69, 9.17) is 0 Å². The molecule has 0 amide bonds. The van der Waals surface area contributed by atoms with E-state index in [1.165, 1.54) is 19.3 Å². The Kier molecular flexibility index (Phi) is 3.38. The second-order valence-corrected chi connectivity index (χ2v) is 4.13. The molecule has 0 spiro atoms. The molecule has 0 aromatic carbocycles. The third kappa shape index (κ3) is 3.24. The molecule has 66 valence electrons. The van der Waals surface area contributed by atoms with Crippen molar-refractivity contribution >= 4 is 0 Å². The molecule has 1 atom stereocenters. The molecule has 0 aliphatic heterocycles. The van der Waals surface area contributed by atoms with Crippen molar-refractivity contribution in [2.45, 2.75) is 46.1 Å². The Bertz CT molecular complexity index is 105. The Labute approximate surface area is 70.6 Å². The van der Waals surface area contributed by atoms with E-state index in [2.05, 4.69) is 26.1 Å². The summed E-state index contributed by atoms with van der Waals surface area (Å²) in [5.41, 5.74) is 0. The zero-order valence-corrected chi connectivity index (χ0v) is 8.06. The molecular formula is C10H21N. The number of hydrogen-bond acceptors (Lipinski definition) is 1. The van der Waals surface area contributed by atoms with Crippen LogP contribution in [0.3, 0.4) is 0 Å². The van der Waals surface area contributed by atoms with Crippen molar-refractivity contribution < 1.29 is 0 Å². The SMILES string of the molecule is CCNC(CC(C)C)C1CC1. The highest BCUT2D eigenvalue weighted by Crippen LogP contribution is 2.35. The highest BCUT2D eigenvalue weighted by molar-refractivity contribution is 4.86. The van der Waals surface area contributed by atoms with E-state index in [-0.39, 0.29) is 0 Å². The van der Waals surface area contributed by atoms with Crippen molar-refractivity contribution in [3.05, 3.63) is 0 Å². The predicted octanol–water partition coefficient (Wildman–Crippen LogP) is 2.42. The molecule has 1 fully saturated rings. The lowest BCUT2D eigenvalue weighted by Gasteiger charge is -2.18. The Balaban J connectivity index is 2.20. The summed E-state index contributed by atoms with van der Waals surface area (Å²) in [6.45, 7) is 7.96. The van der Waals surface area contributed by atoms with Crippen LogP contribution in [0, 0.1) is 11.8 Å². The molecule has 1 saturated carbocycles. The van der Waals surface area contributed by atoms with Crippen LogP contribution in [0.5, 0.6) is 0 Å². The van der Waals surface area contributed by atoms with Gasteiger partial charge < -0.3 is 5.32 Å². The van der Waals surface area contributed by atoms with E-state index in [1.807, 2.05) is 0 Å². The first-order valence-corrected chi connectivity index (χ1v) is 4.97. The summed E-state index contributed by atoms with van der Waals surface area (Å²) in [6, 6.07) is 0.819. The smallest absolute Gasteiger partial charge is 0.00976 e. The molecule has 0 bridgehead atoms. The standard InChI is InChI=1S/C10H21N/c1-4-11-10(7-8(2)3)9-5-6-9/h8-11H,4-7H2,1-3H3. The molecule has 0 radical (unpaired) electrons. The maximum atomic E-state index is 3.58.